The predicted molar refractivity (Wildman–Crippen MR) is 126 cm³/mol. The number of hydrogen-bond acceptors (Lipinski definition) is 5. The highest BCUT2D eigenvalue weighted by molar-refractivity contribution is 5.80. The maximum absolute atomic E-state index is 13.2. The van der Waals surface area contributed by atoms with Gasteiger partial charge in [0, 0.05) is 13.1 Å². The second kappa shape index (κ2) is 9.32. The van der Waals surface area contributed by atoms with E-state index in [0.29, 0.717) is 35.7 Å². The lowest BCUT2D eigenvalue weighted by molar-refractivity contribution is -0.122. The molecule has 0 unspecified atom stereocenters. The van der Waals surface area contributed by atoms with E-state index in [2.05, 4.69) is 24.3 Å². The number of methoxy groups -OCH3 is 1. The number of benzene rings is 2. The van der Waals surface area contributed by atoms with Crippen LogP contribution in [0.25, 0.3) is 16.7 Å². The van der Waals surface area contributed by atoms with Crippen LogP contribution >= 0.6 is 0 Å². The van der Waals surface area contributed by atoms with Gasteiger partial charge >= 0.3 is 5.69 Å². The maximum Gasteiger partial charge on any atom is 0.352 e. The van der Waals surface area contributed by atoms with Gasteiger partial charge in [-0.3, -0.25) is 14.2 Å². The molecule has 0 aliphatic rings. The van der Waals surface area contributed by atoms with E-state index in [1.165, 1.54) is 8.97 Å². The van der Waals surface area contributed by atoms with Gasteiger partial charge in [0.15, 0.2) is 0 Å². The summed E-state index contributed by atoms with van der Waals surface area (Å²) in [7, 11) is 1.58. The Morgan fingerprint density at radius 1 is 1.12 bits per heavy atom. The van der Waals surface area contributed by atoms with Crippen molar-refractivity contribution in [3.63, 3.8) is 0 Å². The molecule has 0 spiro atoms. The second-order valence-corrected chi connectivity index (χ2v) is 8.36. The van der Waals surface area contributed by atoms with Crippen molar-refractivity contribution in [2.45, 2.75) is 39.9 Å². The average Bonchev–Trinajstić information content (AvgIpc) is 3.13. The Bertz CT molecular complexity index is 1430. The van der Waals surface area contributed by atoms with Gasteiger partial charge < -0.3 is 10.1 Å². The topological polar surface area (TPSA) is 99.6 Å². The molecule has 2 aromatic carbocycles. The first-order chi connectivity index (χ1) is 15.9. The van der Waals surface area contributed by atoms with Crippen LogP contribution in [0.1, 0.15) is 25.8 Å². The number of ether oxygens (including phenoxy) is 1. The number of hydrogen-bond donors (Lipinski definition) is 1. The molecule has 172 valence electrons. The molecule has 1 amide bonds. The molecule has 9 nitrogen and oxygen atoms in total. The van der Waals surface area contributed by atoms with Crippen LogP contribution in [-0.4, -0.2) is 31.8 Å². The number of nitrogens with zero attached hydrogens (tertiary/aromatic N) is 4. The summed E-state index contributed by atoms with van der Waals surface area (Å²) in [6.07, 6.45) is 0.760. The van der Waals surface area contributed by atoms with Crippen molar-refractivity contribution in [3.05, 3.63) is 74.9 Å². The molecular weight excluding hydrogens is 422 g/mol. The van der Waals surface area contributed by atoms with Crippen LogP contribution < -0.4 is 21.3 Å². The van der Waals surface area contributed by atoms with Gasteiger partial charge in [-0.05, 0) is 42.2 Å². The number of aromatic nitrogens is 4. The van der Waals surface area contributed by atoms with E-state index in [1.807, 2.05) is 24.3 Å². The lowest BCUT2D eigenvalue weighted by atomic mass is 10.1. The fourth-order valence-corrected chi connectivity index (χ4v) is 3.73. The molecule has 33 heavy (non-hydrogen) atoms. The molecule has 0 saturated heterocycles. The van der Waals surface area contributed by atoms with E-state index in [-0.39, 0.29) is 23.8 Å². The summed E-state index contributed by atoms with van der Waals surface area (Å²) in [5.74, 6) is 0.956. The fourth-order valence-electron chi connectivity index (χ4n) is 3.73. The van der Waals surface area contributed by atoms with E-state index >= 15 is 0 Å². The Hall–Kier alpha value is -3.88. The molecule has 0 radical (unpaired) electrons. The number of nitrogens with one attached hydrogen (secondary N) is 1. The zero-order chi connectivity index (χ0) is 23.5. The van der Waals surface area contributed by atoms with Gasteiger partial charge in [-0.2, -0.15) is 0 Å². The largest absolute Gasteiger partial charge is 0.497 e. The summed E-state index contributed by atoms with van der Waals surface area (Å²) in [6, 6.07) is 14.3. The predicted octanol–water partition coefficient (Wildman–Crippen LogP) is 2.18. The smallest absolute Gasteiger partial charge is 0.352 e. The first-order valence-corrected chi connectivity index (χ1v) is 10.9. The van der Waals surface area contributed by atoms with Gasteiger partial charge in [0.25, 0.3) is 5.56 Å². The summed E-state index contributed by atoms with van der Waals surface area (Å²) in [5.41, 5.74) is 0.694. The van der Waals surface area contributed by atoms with Crippen molar-refractivity contribution >= 4 is 22.6 Å². The van der Waals surface area contributed by atoms with Gasteiger partial charge in [0.1, 0.15) is 12.3 Å². The Kier molecular flexibility index (Phi) is 6.30. The van der Waals surface area contributed by atoms with E-state index in [9.17, 15) is 14.4 Å². The SMILES string of the molecule is COc1cccc(CNC(=O)Cn2nc3n(CCC(C)C)c(=O)c4ccccc4n3c2=O)c1. The standard InChI is InChI=1S/C24H27N5O4/c1-16(2)11-12-27-22(31)19-9-4-5-10-20(19)29-23(27)26-28(24(29)32)15-21(30)25-14-17-7-6-8-18(13-17)33-3/h4-10,13,16H,11-12,14-15H2,1-3H3,(H,25,30). The van der Waals surface area contributed by atoms with Crippen molar-refractivity contribution in [2.24, 2.45) is 5.92 Å². The molecule has 0 atom stereocenters. The number of rotatable bonds is 8. The van der Waals surface area contributed by atoms with Gasteiger partial charge in [-0.25, -0.2) is 13.9 Å². The van der Waals surface area contributed by atoms with Crippen LogP contribution in [0, 0.1) is 5.92 Å². The van der Waals surface area contributed by atoms with Crippen LogP contribution in [0.4, 0.5) is 0 Å². The molecule has 4 rings (SSSR count). The van der Waals surface area contributed by atoms with Crippen LogP contribution in [0.5, 0.6) is 5.75 Å². The monoisotopic (exact) mass is 449 g/mol. The first kappa shape index (κ1) is 22.3. The second-order valence-electron chi connectivity index (χ2n) is 8.36. The van der Waals surface area contributed by atoms with Crippen LogP contribution in [0.15, 0.2) is 58.1 Å². The number of amides is 1. The normalized spacial score (nSPS) is 11.4. The lowest BCUT2D eigenvalue weighted by Gasteiger charge is -2.10. The van der Waals surface area contributed by atoms with Gasteiger partial charge in [0.05, 0.1) is 18.0 Å². The molecule has 0 bridgehead atoms. The third-order valence-electron chi connectivity index (χ3n) is 5.53. The molecule has 0 fully saturated rings. The summed E-state index contributed by atoms with van der Waals surface area (Å²) < 4.78 is 9.23. The summed E-state index contributed by atoms with van der Waals surface area (Å²) in [6.45, 7) is 4.61. The van der Waals surface area contributed by atoms with Crippen molar-refractivity contribution < 1.29 is 9.53 Å². The Morgan fingerprint density at radius 2 is 1.91 bits per heavy atom. The summed E-state index contributed by atoms with van der Waals surface area (Å²) >= 11 is 0. The third kappa shape index (κ3) is 4.52. The van der Waals surface area contributed by atoms with E-state index in [1.54, 1.807) is 31.4 Å². The maximum atomic E-state index is 13.2. The number of fused-ring (bicyclic) bond motifs is 3. The van der Waals surface area contributed by atoms with Gasteiger partial charge in [0.2, 0.25) is 11.7 Å². The highest BCUT2D eigenvalue weighted by Crippen LogP contribution is 2.13. The van der Waals surface area contributed by atoms with Crippen LogP contribution in [0.2, 0.25) is 0 Å². The van der Waals surface area contributed by atoms with Gasteiger partial charge in [-0.15, -0.1) is 5.10 Å². The van der Waals surface area contributed by atoms with E-state index < -0.39 is 5.69 Å². The molecule has 0 aliphatic heterocycles. The Labute approximate surface area is 190 Å². The van der Waals surface area contributed by atoms with Crippen LogP contribution in [0.3, 0.4) is 0 Å². The molecule has 2 heterocycles. The molecule has 9 heteroatoms. The fraction of sp³-hybridized carbons (Fsp3) is 0.333. The number of carbonyl (C=O) groups is 1. The van der Waals surface area contributed by atoms with Crippen molar-refractivity contribution in [1.29, 1.82) is 0 Å². The Morgan fingerprint density at radius 3 is 2.67 bits per heavy atom. The molecule has 0 saturated carbocycles. The first-order valence-electron chi connectivity index (χ1n) is 10.9. The quantitative estimate of drug-likeness (QED) is 0.445. The third-order valence-corrected chi connectivity index (χ3v) is 5.53. The van der Waals surface area contributed by atoms with Crippen molar-refractivity contribution in [2.75, 3.05) is 7.11 Å². The molecule has 0 aliphatic carbocycles. The molecule has 2 aromatic heterocycles. The lowest BCUT2D eigenvalue weighted by Crippen LogP contribution is -2.32. The minimum absolute atomic E-state index is 0.196. The number of aryl methyl sites for hydroxylation is 1. The minimum Gasteiger partial charge on any atom is -0.497 e. The minimum atomic E-state index is -0.462. The zero-order valence-corrected chi connectivity index (χ0v) is 18.9. The Balaban J connectivity index is 1.67. The molecular formula is C24H27N5O4. The zero-order valence-electron chi connectivity index (χ0n) is 18.9. The van der Waals surface area contributed by atoms with Crippen molar-refractivity contribution in [3.8, 4) is 5.75 Å². The van der Waals surface area contributed by atoms with Crippen molar-refractivity contribution in [1.82, 2.24) is 24.1 Å². The number of para-hydroxylation sites is 1. The van der Waals surface area contributed by atoms with E-state index in [4.69, 9.17) is 4.74 Å². The number of carbonyl (C=O) groups excluding carboxylic acids is 1. The summed E-state index contributed by atoms with van der Waals surface area (Å²) in [5, 5.41) is 7.62. The van der Waals surface area contributed by atoms with Gasteiger partial charge in [-0.1, -0.05) is 38.1 Å². The summed E-state index contributed by atoms with van der Waals surface area (Å²) in [4.78, 5) is 38.9. The molecule has 4 aromatic rings. The van der Waals surface area contributed by atoms with Crippen LogP contribution in [-0.2, 0) is 24.4 Å². The highest BCUT2D eigenvalue weighted by Gasteiger charge is 2.18. The highest BCUT2D eigenvalue weighted by atomic mass is 16.5. The molecule has 1 N–H and O–H groups in total. The average molecular weight is 450 g/mol. The van der Waals surface area contributed by atoms with E-state index in [0.717, 1.165) is 16.7 Å².